The zero-order chi connectivity index (χ0) is 18.6. The number of hydrogen-bond donors (Lipinski definition) is 2. The summed E-state index contributed by atoms with van der Waals surface area (Å²) >= 11 is 0. The fourth-order valence-corrected chi connectivity index (χ4v) is 2.10. The molecule has 1 heterocycles. The smallest absolute Gasteiger partial charge is 0.359 e. The van der Waals surface area contributed by atoms with E-state index in [1.165, 1.54) is 0 Å². The summed E-state index contributed by atoms with van der Waals surface area (Å²) in [4.78, 5) is 35.9. The van der Waals surface area contributed by atoms with E-state index in [2.05, 4.69) is 15.5 Å². The maximum Gasteiger partial charge on any atom is 0.359 e. The van der Waals surface area contributed by atoms with Crippen molar-refractivity contribution in [3.63, 3.8) is 0 Å². The maximum atomic E-state index is 12.2. The Bertz CT molecular complexity index is 913. The molecule has 2 rings (SSSR count). The zero-order valence-electron chi connectivity index (χ0n) is 14.1. The molecule has 1 aromatic heterocycles. The number of aromatic amines is 1. The number of rotatable bonds is 5. The predicted molar refractivity (Wildman–Crippen MR) is 89.6 cm³/mol. The summed E-state index contributed by atoms with van der Waals surface area (Å²) in [6.07, 6.45) is 0. The van der Waals surface area contributed by atoms with Gasteiger partial charge < -0.3 is 10.1 Å². The molecule has 1 atom stereocenters. The third-order valence-electron chi connectivity index (χ3n) is 4.01. The normalized spacial score (nSPS) is 13.1. The van der Waals surface area contributed by atoms with E-state index < -0.39 is 29.6 Å². The topological polar surface area (TPSA) is 125 Å². The molecule has 0 aliphatic heterocycles. The number of carbonyl (C=O) groups is 2. The second kappa shape index (κ2) is 7.13. The van der Waals surface area contributed by atoms with Crippen molar-refractivity contribution in [1.82, 2.24) is 15.5 Å². The van der Waals surface area contributed by atoms with Crippen LogP contribution in [0.25, 0.3) is 10.8 Å². The van der Waals surface area contributed by atoms with Crippen LogP contribution in [0.2, 0.25) is 0 Å². The van der Waals surface area contributed by atoms with Gasteiger partial charge in [-0.25, -0.2) is 9.89 Å². The van der Waals surface area contributed by atoms with Crippen molar-refractivity contribution in [2.75, 3.05) is 6.61 Å². The van der Waals surface area contributed by atoms with Gasteiger partial charge >= 0.3 is 5.97 Å². The van der Waals surface area contributed by atoms with Gasteiger partial charge in [-0.3, -0.25) is 9.59 Å². The lowest BCUT2D eigenvalue weighted by Gasteiger charge is -2.27. The molecule has 25 heavy (non-hydrogen) atoms. The number of ether oxygens (including phenoxy) is 1. The second-order valence-corrected chi connectivity index (χ2v) is 6.04. The van der Waals surface area contributed by atoms with E-state index >= 15 is 0 Å². The van der Waals surface area contributed by atoms with E-state index in [9.17, 15) is 19.6 Å². The molecule has 1 unspecified atom stereocenters. The average molecular weight is 342 g/mol. The second-order valence-electron chi connectivity index (χ2n) is 6.04. The molecule has 130 valence electrons. The number of nitrogens with one attached hydrogen (secondary N) is 2. The summed E-state index contributed by atoms with van der Waals surface area (Å²) in [6.45, 7) is 4.63. The summed E-state index contributed by atoms with van der Waals surface area (Å²) < 4.78 is 4.96. The lowest BCUT2D eigenvalue weighted by molar-refractivity contribution is -0.125. The van der Waals surface area contributed by atoms with Gasteiger partial charge in [-0.15, -0.1) is 0 Å². The Morgan fingerprint density at radius 2 is 2.00 bits per heavy atom. The summed E-state index contributed by atoms with van der Waals surface area (Å²) in [6, 6.07) is 8.48. The van der Waals surface area contributed by atoms with Crippen LogP contribution in [0.3, 0.4) is 0 Å². The molecule has 8 heteroatoms. The number of amides is 1. The first-order chi connectivity index (χ1) is 11.8. The van der Waals surface area contributed by atoms with Gasteiger partial charge in [0.15, 0.2) is 12.3 Å². The number of benzene rings is 1. The number of aromatic nitrogens is 2. The lowest BCUT2D eigenvalue weighted by atomic mass is 9.90. The molecule has 0 radical (unpaired) electrons. The summed E-state index contributed by atoms with van der Waals surface area (Å²) in [7, 11) is 0. The van der Waals surface area contributed by atoms with Crippen LogP contribution >= 0.6 is 0 Å². The highest BCUT2D eigenvalue weighted by atomic mass is 16.5. The van der Waals surface area contributed by atoms with Gasteiger partial charge in [-0.05, 0) is 18.9 Å². The average Bonchev–Trinajstić information content (AvgIpc) is 2.60. The Balaban J connectivity index is 2.12. The molecule has 0 spiro atoms. The van der Waals surface area contributed by atoms with E-state index in [0.717, 1.165) is 0 Å². The highest BCUT2D eigenvalue weighted by molar-refractivity contribution is 6.02. The molecular formula is C17H18N4O4. The van der Waals surface area contributed by atoms with Crippen LogP contribution in [0.5, 0.6) is 0 Å². The quantitative estimate of drug-likeness (QED) is 0.785. The molecule has 0 bridgehead atoms. The van der Waals surface area contributed by atoms with Crippen molar-refractivity contribution in [3.8, 4) is 6.07 Å². The number of H-pyrrole nitrogens is 1. The van der Waals surface area contributed by atoms with Crippen molar-refractivity contribution >= 4 is 22.6 Å². The highest BCUT2D eigenvalue weighted by Gasteiger charge is 2.30. The van der Waals surface area contributed by atoms with Gasteiger partial charge in [0.25, 0.3) is 11.5 Å². The molecule has 0 saturated carbocycles. The molecule has 1 aromatic carbocycles. The summed E-state index contributed by atoms with van der Waals surface area (Å²) in [5.41, 5.74) is -1.58. The van der Waals surface area contributed by atoms with E-state index in [0.29, 0.717) is 10.8 Å². The van der Waals surface area contributed by atoms with Gasteiger partial charge in [-0.2, -0.15) is 10.4 Å². The van der Waals surface area contributed by atoms with Crippen LogP contribution in [0.1, 0.15) is 31.3 Å². The molecule has 2 N–H and O–H groups in total. The first-order valence-electron chi connectivity index (χ1n) is 7.65. The Labute approximate surface area is 143 Å². The van der Waals surface area contributed by atoms with E-state index in [1.54, 1.807) is 45.0 Å². The summed E-state index contributed by atoms with van der Waals surface area (Å²) in [5, 5.41) is 18.3. The molecular weight excluding hydrogens is 324 g/mol. The molecule has 2 aromatic rings. The van der Waals surface area contributed by atoms with Crippen LogP contribution in [0, 0.1) is 17.2 Å². The Kier molecular flexibility index (Phi) is 5.17. The number of hydrogen-bond acceptors (Lipinski definition) is 6. The van der Waals surface area contributed by atoms with Crippen molar-refractivity contribution < 1.29 is 14.3 Å². The zero-order valence-corrected chi connectivity index (χ0v) is 14.1. The lowest BCUT2D eigenvalue weighted by Crippen LogP contribution is -2.50. The van der Waals surface area contributed by atoms with Crippen molar-refractivity contribution in [2.45, 2.75) is 26.3 Å². The first kappa shape index (κ1) is 18.1. The van der Waals surface area contributed by atoms with Crippen LogP contribution in [-0.2, 0) is 9.53 Å². The van der Waals surface area contributed by atoms with E-state index in [1.807, 2.05) is 6.07 Å². The molecule has 8 nitrogen and oxygen atoms in total. The minimum Gasteiger partial charge on any atom is -0.451 e. The molecule has 0 saturated heterocycles. The fraction of sp³-hybridized carbons (Fsp3) is 0.353. The minimum absolute atomic E-state index is 0.0881. The number of nitriles is 1. The van der Waals surface area contributed by atoms with E-state index in [4.69, 9.17) is 4.74 Å². The van der Waals surface area contributed by atoms with Crippen molar-refractivity contribution in [3.05, 3.63) is 40.3 Å². The largest absolute Gasteiger partial charge is 0.451 e. The molecule has 0 aliphatic carbocycles. The van der Waals surface area contributed by atoms with Gasteiger partial charge in [0.05, 0.1) is 11.5 Å². The standard InChI is InChI=1S/C17H18N4O4/c1-10(2)17(3,9-18)19-13(22)8-25-16(24)14-11-6-4-5-7-12(11)15(23)21-20-14/h4-7,10H,8H2,1-3H3,(H,19,22)(H,21,23). The summed E-state index contributed by atoms with van der Waals surface area (Å²) in [5.74, 6) is -1.56. The van der Waals surface area contributed by atoms with Crippen LogP contribution < -0.4 is 10.9 Å². The Morgan fingerprint density at radius 3 is 2.60 bits per heavy atom. The molecule has 0 aliphatic rings. The Morgan fingerprint density at radius 1 is 1.36 bits per heavy atom. The molecule has 0 fully saturated rings. The third kappa shape index (κ3) is 3.83. The van der Waals surface area contributed by atoms with E-state index in [-0.39, 0.29) is 11.6 Å². The molecule has 1 amide bonds. The van der Waals surface area contributed by atoms with Gasteiger partial charge in [0.2, 0.25) is 0 Å². The third-order valence-corrected chi connectivity index (χ3v) is 4.01. The van der Waals surface area contributed by atoms with Crippen LogP contribution in [0.15, 0.2) is 29.1 Å². The fourth-order valence-electron chi connectivity index (χ4n) is 2.10. The monoisotopic (exact) mass is 342 g/mol. The highest BCUT2D eigenvalue weighted by Crippen LogP contribution is 2.15. The predicted octanol–water partition coefficient (Wildman–Crippen LogP) is 1.13. The number of carbonyl (C=O) groups excluding carboxylic acids is 2. The van der Waals surface area contributed by atoms with Crippen LogP contribution in [-0.4, -0.2) is 34.2 Å². The van der Waals surface area contributed by atoms with Crippen molar-refractivity contribution in [2.24, 2.45) is 5.92 Å². The van der Waals surface area contributed by atoms with Crippen molar-refractivity contribution in [1.29, 1.82) is 5.26 Å². The minimum atomic E-state index is -1.06. The van der Waals surface area contributed by atoms with Gasteiger partial charge in [0.1, 0.15) is 5.54 Å². The van der Waals surface area contributed by atoms with Gasteiger partial charge in [0, 0.05) is 5.39 Å². The first-order valence-corrected chi connectivity index (χ1v) is 7.65. The number of esters is 1. The Hall–Kier alpha value is -3.21. The van der Waals surface area contributed by atoms with Gasteiger partial charge in [-0.1, -0.05) is 32.0 Å². The van der Waals surface area contributed by atoms with Crippen LogP contribution in [0.4, 0.5) is 0 Å². The maximum absolute atomic E-state index is 12.2. The number of fused-ring (bicyclic) bond motifs is 1. The number of nitrogens with zero attached hydrogens (tertiary/aromatic N) is 2. The SMILES string of the molecule is CC(C)C(C)(C#N)NC(=O)COC(=O)c1n[nH]c(=O)c2ccccc12.